The van der Waals surface area contributed by atoms with Crippen molar-refractivity contribution in [1.29, 1.82) is 0 Å². The van der Waals surface area contributed by atoms with Crippen LogP contribution in [0.25, 0.3) is 0 Å². The van der Waals surface area contributed by atoms with Crippen molar-refractivity contribution in [3.8, 4) is 0 Å². The molecule has 82 valence electrons. The largest absolute Gasteiger partial charge is 0.0840 e. The maximum absolute atomic E-state index is 6.12. The average molecular weight is 296 g/mol. The summed E-state index contributed by atoms with van der Waals surface area (Å²) in [5.74, 6) is 0. The van der Waals surface area contributed by atoms with Crippen molar-refractivity contribution in [3.63, 3.8) is 0 Å². The zero-order valence-corrected chi connectivity index (χ0v) is 11.3. The van der Waals surface area contributed by atoms with Gasteiger partial charge in [0.25, 0.3) is 0 Å². The third kappa shape index (κ3) is 2.47. The maximum atomic E-state index is 6.12. The summed E-state index contributed by atoms with van der Waals surface area (Å²) in [5.41, 5.74) is 3.53. The summed E-state index contributed by atoms with van der Waals surface area (Å²) in [6, 6.07) is 16.5. The second-order valence-electron chi connectivity index (χ2n) is 3.78. The third-order valence-electron chi connectivity index (χ3n) is 2.58. The molecule has 0 aliphatic heterocycles. The summed E-state index contributed by atoms with van der Waals surface area (Å²) in [7, 11) is 0. The fourth-order valence-electron chi connectivity index (χ4n) is 1.58. The van der Waals surface area contributed by atoms with Gasteiger partial charge in [-0.15, -0.1) is 0 Å². The Kier molecular flexibility index (Phi) is 3.67. The zero-order valence-electron chi connectivity index (χ0n) is 8.95. The molecule has 0 saturated heterocycles. The number of halogens is 2. The Bertz CT molecular complexity index is 479. The first-order chi connectivity index (χ1) is 7.68. The lowest BCUT2D eigenvalue weighted by Gasteiger charge is -2.11. The van der Waals surface area contributed by atoms with Crippen molar-refractivity contribution in [1.82, 2.24) is 0 Å². The molecule has 0 N–H and O–H groups in total. The predicted octanol–water partition coefficient (Wildman–Crippen LogP) is 5.13. The van der Waals surface area contributed by atoms with Crippen LogP contribution in [0, 0.1) is 6.92 Å². The van der Waals surface area contributed by atoms with Gasteiger partial charge in [-0.1, -0.05) is 70.0 Å². The van der Waals surface area contributed by atoms with Crippen LogP contribution in [0.15, 0.2) is 48.5 Å². The molecule has 2 aromatic rings. The Morgan fingerprint density at radius 1 is 1.00 bits per heavy atom. The van der Waals surface area contributed by atoms with E-state index in [1.165, 1.54) is 11.1 Å². The van der Waals surface area contributed by atoms with E-state index in [-0.39, 0.29) is 4.83 Å². The minimum Gasteiger partial charge on any atom is -0.0840 e. The molecular weight excluding hydrogens is 284 g/mol. The van der Waals surface area contributed by atoms with E-state index in [2.05, 4.69) is 40.2 Å². The van der Waals surface area contributed by atoms with Gasteiger partial charge in [0.1, 0.15) is 0 Å². The van der Waals surface area contributed by atoms with Gasteiger partial charge in [0, 0.05) is 5.02 Å². The summed E-state index contributed by atoms with van der Waals surface area (Å²) < 4.78 is 0. The lowest BCUT2D eigenvalue weighted by molar-refractivity contribution is 1.17. The van der Waals surface area contributed by atoms with Gasteiger partial charge in [-0.25, -0.2) is 0 Å². The molecule has 0 spiro atoms. The number of alkyl halides is 1. The molecule has 0 heterocycles. The second kappa shape index (κ2) is 5.03. The Morgan fingerprint density at radius 2 is 1.69 bits per heavy atom. The summed E-state index contributed by atoms with van der Waals surface area (Å²) in [4.78, 5) is 0.201. The Balaban J connectivity index is 2.34. The van der Waals surface area contributed by atoms with Crippen LogP contribution in [0.2, 0.25) is 5.02 Å². The molecule has 1 unspecified atom stereocenters. The molecule has 0 amide bonds. The van der Waals surface area contributed by atoms with E-state index in [0.717, 1.165) is 10.6 Å². The monoisotopic (exact) mass is 294 g/mol. The topological polar surface area (TPSA) is 0 Å². The first-order valence-electron chi connectivity index (χ1n) is 5.13. The minimum atomic E-state index is 0.201. The molecule has 2 aromatic carbocycles. The number of aryl methyl sites for hydroxylation is 1. The molecule has 1 atom stereocenters. The van der Waals surface area contributed by atoms with Crippen LogP contribution in [0.3, 0.4) is 0 Å². The van der Waals surface area contributed by atoms with Gasteiger partial charge < -0.3 is 0 Å². The molecule has 0 radical (unpaired) electrons. The molecule has 0 fully saturated rings. The lowest BCUT2D eigenvalue weighted by atomic mass is 10.0. The van der Waals surface area contributed by atoms with E-state index in [1.54, 1.807) is 0 Å². The van der Waals surface area contributed by atoms with Gasteiger partial charge in [0.2, 0.25) is 0 Å². The van der Waals surface area contributed by atoms with Gasteiger partial charge >= 0.3 is 0 Å². The van der Waals surface area contributed by atoms with Crippen molar-refractivity contribution in [2.24, 2.45) is 0 Å². The molecule has 0 aromatic heterocycles. The van der Waals surface area contributed by atoms with Crippen molar-refractivity contribution in [2.45, 2.75) is 11.8 Å². The molecule has 16 heavy (non-hydrogen) atoms. The molecule has 0 aliphatic rings. The quantitative estimate of drug-likeness (QED) is 0.674. The van der Waals surface area contributed by atoms with E-state index in [0.29, 0.717) is 0 Å². The van der Waals surface area contributed by atoms with E-state index < -0.39 is 0 Å². The smallest absolute Gasteiger partial charge is 0.0645 e. The minimum absolute atomic E-state index is 0.201. The van der Waals surface area contributed by atoms with Gasteiger partial charge in [0.15, 0.2) is 0 Å². The third-order valence-corrected chi connectivity index (χ3v) is 4.05. The maximum Gasteiger partial charge on any atom is 0.0645 e. The van der Waals surface area contributed by atoms with Gasteiger partial charge in [-0.3, -0.25) is 0 Å². The molecule has 0 aliphatic carbocycles. The Morgan fingerprint density at radius 3 is 2.31 bits per heavy atom. The van der Waals surface area contributed by atoms with Crippen molar-refractivity contribution in [2.75, 3.05) is 0 Å². The first kappa shape index (κ1) is 11.7. The highest BCUT2D eigenvalue weighted by Gasteiger charge is 2.10. The molecular formula is C14H12BrCl. The molecule has 0 saturated carbocycles. The molecule has 2 rings (SSSR count). The number of rotatable bonds is 2. The normalized spacial score (nSPS) is 12.4. The predicted molar refractivity (Wildman–Crippen MR) is 73.4 cm³/mol. The van der Waals surface area contributed by atoms with Crippen LogP contribution < -0.4 is 0 Å². The number of benzene rings is 2. The van der Waals surface area contributed by atoms with Crippen molar-refractivity contribution >= 4 is 27.5 Å². The van der Waals surface area contributed by atoms with Gasteiger partial charge in [0.05, 0.1) is 4.83 Å². The van der Waals surface area contributed by atoms with Crippen molar-refractivity contribution in [3.05, 3.63) is 70.2 Å². The summed E-state index contributed by atoms with van der Waals surface area (Å²) in [5, 5.41) is 0.817. The molecule has 0 nitrogen and oxygen atoms in total. The summed E-state index contributed by atoms with van der Waals surface area (Å²) in [6.07, 6.45) is 0. The highest BCUT2D eigenvalue weighted by Crippen LogP contribution is 2.32. The first-order valence-corrected chi connectivity index (χ1v) is 6.43. The average Bonchev–Trinajstić information content (AvgIpc) is 2.33. The highest BCUT2D eigenvalue weighted by atomic mass is 79.9. The van der Waals surface area contributed by atoms with Gasteiger partial charge in [-0.05, 0) is 29.7 Å². The Hall–Kier alpha value is -0.790. The van der Waals surface area contributed by atoms with Crippen LogP contribution in [0.5, 0.6) is 0 Å². The van der Waals surface area contributed by atoms with Crippen LogP contribution >= 0.6 is 27.5 Å². The molecule has 2 heteroatoms. The van der Waals surface area contributed by atoms with E-state index in [4.69, 9.17) is 11.6 Å². The van der Waals surface area contributed by atoms with Crippen LogP contribution in [-0.2, 0) is 0 Å². The van der Waals surface area contributed by atoms with E-state index >= 15 is 0 Å². The van der Waals surface area contributed by atoms with Gasteiger partial charge in [-0.2, -0.15) is 0 Å². The van der Waals surface area contributed by atoms with Crippen molar-refractivity contribution < 1.29 is 0 Å². The van der Waals surface area contributed by atoms with E-state index in [9.17, 15) is 0 Å². The fourth-order valence-corrected chi connectivity index (χ4v) is 2.36. The fraction of sp³-hybridized carbons (Fsp3) is 0.143. The lowest BCUT2D eigenvalue weighted by Crippen LogP contribution is -1.92. The summed E-state index contributed by atoms with van der Waals surface area (Å²) in [6.45, 7) is 2.01. The van der Waals surface area contributed by atoms with Crippen LogP contribution in [0.4, 0.5) is 0 Å². The second-order valence-corrected chi connectivity index (χ2v) is 5.10. The SMILES string of the molecule is Cc1ccc(C(Br)c2ccccc2)cc1Cl. The number of hydrogen-bond acceptors (Lipinski definition) is 0. The standard InChI is InChI=1S/C14H12BrCl/c1-10-7-8-12(9-13(10)16)14(15)11-5-3-2-4-6-11/h2-9,14H,1H3. The summed E-state index contributed by atoms with van der Waals surface area (Å²) >= 11 is 9.82. The van der Waals surface area contributed by atoms with Crippen LogP contribution in [0.1, 0.15) is 21.5 Å². The number of hydrogen-bond donors (Lipinski definition) is 0. The zero-order chi connectivity index (χ0) is 11.5. The molecule has 0 bridgehead atoms. The highest BCUT2D eigenvalue weighted by molar-refractivity contribution is 9.09. The van der Waals surface area contributed by atoms with E-state index in [1.807, 2.05) is 31.2 Å². The Labute approximate surface area is 109 Å². The van der Waals surface area contributed by atoms with Crippen LogP contribution in [-0.4, -0.2) is 0 Å².